The molecule has 1 unspecified atom stereocenters. The maximum Gasteiger partial charge on any atom is 0.173 e. The molecule has 2 rings (SSSR count). The molecule has 0 spiro atoms. The number of nitrogens with one attached hydrogen (secondary N) is 1. The van der Waals surface area contributed by atoms with E-state index in [1.165, 1.54) is 5.41 Å². The average Bonchev–Trinajstić information content (AvgIpc) is 2.45. The Morgan fingerprint density at radius 3 is 2.87 bits per heavy atom. The maximum atomic E-state index is 11.1. The van der Waals surface area contributed by atoms with Crippen molar-refractivity contribution in [2.45, 2.75) is 6.04 Å². The quantitative estimate of drug-likeness (QED) is 0.897. The van der Waals surface area contributed by atoms with Gasteiger partial charge in [0.25, 0.3) is 0 Å². The fourth-order valence-electron chi connectivity index (χ4n) is 1.37. The molecule has 2 heterocycles. The van der Waals surface area contributed by atoms with Crippen LogP contribution in [-0.4, -0.2) is 25.2 Å². The lowest BCUT2D eigenvalue weighted by atomic mass is 10.3. The van der Waals surface area contributed by atoms with Crippen LogP contribution in [0.25, 0.3) is 0 Å². The molecule has 0 aromatic carbocycles. The number of halogens is 1. The Kier molecular flexibility index (Phi) is 2.79. The Labute approximate surface area is 96.5 Å². The first-order valence-electron chi connectivity index (χ1n) is 4.33. The standard InChI is InChI=1S/C9H9BrN2O2S/c10-7-3-9(5-11-4-7)12-8-1-2-15(13,14)6-8/h1-5,8,12H,6H2. The summed E-state index contributed by atoms with van der Waals surface area (Å²) in [7, 11) is -3.00. The molecule has 4 nitrogen and oxygen atoms in total. The Bertz CT molecular complexity index is 499. The monoisotopic (exact) mass is 288 g/mol. The molecule has 1 aliphatic rings. The van der Waals surface area contributed by atoms with E-state index in [1.807, 2.05) is 6.07 Å². The van der Waals surface area contributed by atoms with Crippen LogP contribution in [0, 0.1) is 0 Å². The van der Waals surface area contributed by atoms with Gasteiger partial charge >= 0.3 is 0 Å². The fraction of sp³-hybridized carbons (Fsp3) is 0.222. The largest absolute Gasteiger partial charge is 0.376 e. The van der Waals surface area contributed by atoms with Crippen molar-refractivity contribution < 1.29 is 8.42 Å². The molecule has 6 heteroatoms. The molecular formula is C9H9BrN2O2S. The van der Waals surface area contributed by atoms with Crippen molar-refractivity contribution in [3.8, 4) is 0 Å². The molecule has 0 fully saturated rings. The van der Waals surface area contributed by atoms with Crippen LogP contribution in [0.15, 0.2) is 34.4 Å². The number of rotatable bonds is 2. The van der Waals surface area contributed by atoms with E-state index in [4.69, 9.17) is 0 Å². The third-order valence-corrected chi connectivity index (χ3v) is 3.82. The number of sulfone groups is 1. The van der Waals surface area contributed by atoms with Gasteiger partial charge in [0.05, 0.1) is 23.7 Å². The summed E-state index contributed by atoms with van der Waals surface area (Å²) >= 11 is 3.30. The third kappa shape index (κ3) is 2.79. The lowest BCUT2D eigenvalue weighted by Gasteiger charge is -2.10. The summed E-state index contributed by atoms with van der Waals surface area (Å²) in [6.45, 7) is 0. The fourth-order valence-corrected chi connectivity index (χ4v) is 2.97. The minimum absolute atomic E-state index is 0.111. The zero-order valence-electron chi connectivity index (χ0n) is 7.72. The van der Waals surface area contributed by atoms with Crippen molar-refractivity contribution in [3.05, 3.63) is 34.4 Å². The smallest absolute Gasteiger partial charge is 0.173 e. The van der Waals surface area contributed by atoms with Crippen LogP contribution >= 0.6 is 15.9 Å². The summed E-state index contributed by atoms with van der Waals surface area (Å²) in [6.07, 6.45) is 4.98. The maximum absolute atomic E-state index is 11.1. The van der Waals surface area contributed by atoms with Gasteiger partial charge in [0.2, 0.25) is 0 Å². The van der Waals surface area contributed by atoms with Crippen LogP contribution in [0.2, 0.25) is 0 Å². The SMILES string of the molecule is O=S1(=O)C=CC(Nc2cncc(Br)c2)C1. The first kappa shape index (κ1) is 10.6. The summed E-state index contributed by atoms with van der Waals surface area (Å²) in [6, 6.07) is 1.69. The summed E-state index contributed by atoms with van der Waals surface area (Å²) in [4.78, 5) is 3.98. The molecule has 0 amide bonds. The second-order valence-corrected chi connectivity index (χ2v) is 6.15. The van der Waals surface area contributed by atoms with E-state index in [9.17, 15) is 8.42 Å². The highest BCUT2D eigenvalue weighted by Gasteiger charge is 2.21. The first-order valence-corrected chi connectivity index (χ1v) is 6.84. The molecule has 1 aromatic heterocycles. The van der Waals surface area contributed by atoms with Gasteiger partial charge in [-0.3, -0.25) is 4.98 Å². The van der Waals surface area contributed by atoms with E-state index in [1.54, 1.807) is 18.5 Å². The minimum Gasteiger partial charge on any atom is -0.376 e. The highest BCUT2D eigenvalue weighted by molar-refractivity contribution is 9.10. The molecule has 15 heavy (non-hydrogen) atoms. The van der Waals surface area contributed by atoms with Gasteiger partial charge in [0.15, 0.2) is 9.84 Å². The highest BCUT2D eigenvalue weighted by Crippen LogP contribution is 2.17. The predicted molar refractivity (Wildman–Crippen MR) is 62.3 cm³/mol. The lowest BCUT2D eigenvalue weighted by Crippen LogP contribution is -2.20. The predicted octanol–water partition coefficient (Wildman–Crippen LogP) is 1.57. The van der Waals surface area contributed by atoms with Gasteiger partial charge in [-0.1, -0.05) is 6.08 Å². The van der Waals surface area contributed by atoms with Crippen molar-refractivity contribution in [2.75, 3.05) is 11.1 Å². The normalized spacial score (nSPS) is 22.9. The van der Waals surface area contributed by atoms with Crippen molar-refractivity contribution in [1.82, 2.24) is 4.98 Å². The number of pyridine rings is 1. The van der Waals surface area contributed by atoms with Crippen LogP contribution in [0.1, 0.15) is 0 Å². The van der Waals surface area contributed by atoms with Gasteiger partial charge in [-0.2, -0.15) is 0 Å². The number of hydrogen-bond donors (Lipinski definition) is 1. The van der Waals surface area contributed by atoms with Gasteiger partial charge in [-0.25, -0.2) is 8.42 Å². The average molecular weight is 289 g/mol. The Balaban J connectivity index is 2.09. The number of hydrogen-bond acceptors (Lipinski definition) is 4. The molecule has 80 valence electrons. The van der Waals surface area contributed by atoms with Crippen LogP contribution in [0.4, 0.5) is 5.69 Å². The van der Waals surface area contributed by atoms with Gasteiger partial charge in [-0.05, 0) is 22.0 Å². The zero-order valence-corrected chi connectivity index (χ0v) is 10.1. The van der Waals surface area contributed by atoms with Crippen LogP contribution in [0.5, 0.6) is 0 Å². The molecule has 0 aliphatic carbocycles. The molecular weight excluding hydrogens is 280 g/mol. The number of aromatic nitrogens is 1. The first-order chi connectivity index (χ1) is 7.05. The van der Waals surface area contributed by atoms with E-state index in [0.717, 1.165) is 10.2 Å². The molecule has 0 saturated carbocycles. The van der Waals surface area contributed by atoms with E-state index >= 15 is 0 Å². The van der Waals surface area contributed by atoms with Crippen molar-refractivity contribution in [3.63, 3.8) is 0 Å². The minimum atomic E-state index is -3.00. The van der Waals surface area contributed by atoms with Crippen molar-refractivity contribution >= 4 is 31.5 Å². The summed E-state index contributed by atoms with van der Waals surface area (Å²) in [5, 5.41) is 4.32. The molecule has 1 atom stereocenters. The summed E-state index contributed by atoms with van der Waals surface area (Å²) < 4.78 is 23.2. The van der Waals surface area contributed by atoms with Gasteiger partial charge in [0.1, 0.15) is 0 Å². The Hall–Kier alpha value is -0.880. The van der Waals surface area contributed by atoms with E-state index in [-0.39, 0.29) is 11.8 Å². The second kappa shape index (κ2) is 3.94. The van der Waals surface area contributed by atoms with E-state index < -0.39 is 9.84 Å². The van der Waals surface area contributed by atoms with Gasteiger partial charge in [0, 0.05) is 16.1 Å². The van der Waals surface area contributed by atoms with Crippen LogP contribution in [0.3, 0.4) is 0 Å². The van der Waals surface area contributed by atoms with Crippen molar-refractivity contribution in [2.24, 2.45) is 0 Å². The zero-order chi connectivity index (χ0) is 10.9. The Morgan fingerprint density at radius 2 is 2.27 bits per heavy atom. The molecule has 1 aliphatic heterocycles. The molecule has 0 radical (unpaired) electrons. The number of nitrogens with zero attached hydrogens (tertiary/aromatic N) is 1. The molecule has 1 aromatic rings. The second-order valence-electron chi connectivity index (χ2n) is 3.30. The lowest BCUT2D eigenvalue weighted by molar-refractivity contribution is 0.605. The topological polar surface area (TPSA) is 59.1 Å². The summed E-state index contributed by atoms with van der Waals surface area (Å²) in [5.41, 5.74) is 0.802. The van der Waals surface area contributed by atoms with Crippen molar-refractivity contribution in [1.29, 1.82) is 0 Å². The number of anilines is 1. The highest BCUT2D eigenvalue weighted by atomic mass is 79.9. The van der Waals surface area contributed by atoms with E-state index in [0.29, 0.717) is 0 Å². The Morgan fingerprint density at radius 1 is 1.47 bits per heavy atom. The van der Waals surface area contributed by atoms with Crippen LogP contribution in [-0.2, 0) is 9.84 Å². The van der Waals surface area contributed by atoms with Gasteiger partial charge in [-0.15, -0.1) is 0 Å². The molecule has 0 bridgehead atoms. The van der Waals surface area contributed by atoms with Gasteiger partial charge < -0.3 is 5.32 Å². The molecule has 1 N–H and O–H groups in total. The van der Waals surface area contributed by atoms with E-state index in [2.05, 4.69) is 26.2 Å². The van der Waals surface area contributed by atoms with Crippen LogP contribution < -0.4 is 5.32 Å². The molecule has 0 saturated heterocycles. The summed E-state index contributed by atoms with van der Waals surface area (Å²) in [5.74, 6) is 0.111. The third-order valence-electron chi connectivity index (χ3n) is 1.99.